The zero-order chi connectivity index (χ0) is 26.7. The van der Waals surface area contributed by atoms with Crippen molar-refractivity contribution in [2.75, 3.05) is 31.1 Å². The van der Waals surface area contributed by atoms with E-state index >= 15 is 0 Å². The first kappa shape index (κ1) is 26.7. The largest absolute Gasteiger partial charge is 0.487 e. The van der Waals surface area contributed by atoms with Crippen molar-refractivity contribution in [2.45, 2.75) is 58.3 Å². The molecule has 1 fully saturated rings. The third kappa shape index (κ3) is 5.90. The van der Waals surface area contributed by atoms with Gasteiger partial charge in [-0.15, -0.1) is 0 Å². The number of hydrogen-bond donors (Lipinski definition) is 1. The zero-order valence-electron chi connectivity index (χ0n) is 22.7. The number of hydrogen-bond acceptors (Lipinski definition) is 5. The Morgan fingerprint density at radius 2 is 1.87 bits per heavy atom. The van der Waals surface area contributed by atoms with Crippen molar-refractivity contribution in [3.8, 4) is 5.75 Å². The Morgan fingerprint density at radius 1 is 1.11 bits per heavy atom. The van der Waals surface area contributed by atoms with E-state index in [1.807, 2.05) is 50.4 Å². The highest BCUT2D eigenvalue weighted by molar-refractivity contribution is 6.30. The Labute approximate surface area is 231 Å². The first-order valence-electron chi connectivity index (χ1n) is 13.7. The van der Waals surface area contributed by atoms with Gasteiger partial charge in [0, 0.05) is 60.3 Å². The van der Waals surface area contributed by atoms with E-state index in [-0.39, 0.29) is 0 Å². The highest BCUT2D eigenvalue weighted by Gasteiger charge is 2.26. The molecule has 0 unspecified atom stereocenters. The standard InChI is InChI=1S/C32H38ClN3O2/c1-4-36(25-12-10-24(33)11-13-25)26-15-19-35(20-16-26)18-6-8-27-28-7-5-17-34-30(28)22-38-31-14-9-23(21-29(27)31)32(2,3)37/h5,7-14,17,21,26,37H,4,6,15-16,18-20,22H2,1-3H3. The molecule has 0 radical (unpaired) electrons. The Balaban J connectivity index is 1.30. The van der Waals surface area contributed by atoms with Crippen LogP contribution in [0.2, 0.25) is 5.02 Å². The molecule has 6 heteroatoms. The predicted octanol–water partition coefficient (Wildman–Crippen LogP) is 6.67. The maximum Gasteiger partial charge on any atom is 0.131 e. The number of nitrogens with zero attached hydrogens (tertiary/aromatic N) is 3. The lowest BCUT2D eigenvalue weighted by molar-refractivity contribution is 0.0785. The second-order valence-electron chi connectivity index (χ2n) is 10.8. The van der Waals surface area contributed by atoms with Crippen LogP contribution in [-0.4, -0.2) is 47.2 Å². The summed E-state index contributed by atoms with van der Waals surface area (Å²) in [5.41, 5.74) is 5.43. The van der Waals surface area contributed by atoms with Gasteiger partial charge in [-0.05, 0) is 93.6 Å². The third-order valence-electron chi connectivity index (χ3n) is 7.81. The van der Waals surface area contributed by atoms with Crippen molar-refractivity contribution in [3.63, 3.8) is 0 Å². The van der Waals surface area contributed by atoms with Crippen LogP contribution in [0.15, 0.2) is 66.9 Å². The molecule has 2 aliphatic heterocycles. The van der Waals surface area contributed by atoms with Crippen LogP contribution in [0, 0.1) is 0 Å². The number of anilines is 1. The molecule has 0 aliphatic carbocycles. The molecule has 2 aliphatic rings. The summed E-state index contributed by atoms with van der Waals surface area (Å²) in [6, 6.07) is 18.9. The minimum Gasteiger partial charge on any atom is -0.487 e. The molecule has 38 heavy (non-hydrogen) atoms. The van der Waals surface area contributed by atoms with Crippen LogP contribution >= 0.6 is 11.6 Å². The maximum absolute atomic E-state index is 10.7. The first-order chi connectivity index (χ1) is 18.3. The molecule has 5 rings (SSSR count). The molecule has 0 amide bonds. The highest BCUT2D eigenvalue weighted by Crippen LogP contribution is 2.38. The number of halogens is 1. The lowest BCUT2D eigenvalue weighted by Gasteiger charge is -2.39. The molecule has 1 aromatic heterocycles. The maximum atomic E-state index is 10.7. The molecule has 2 aromatic carbocycles. The molecule has 1 N–H and O–H groups in total. The van der Waals surface area contributed by atoms with Crippen LogP contribution in [0.1, 0.15) is 62.4 Å². The molecular weight excluding hydrogens is 494 g/mol. The van der Waals surface area contributed by atoms with Crippen LogP contribution in [0.3, 0.4) is 0 Å². The van der Waals surface area contributed by atoms with Gasteiger partial charge in [0.25, 0.3) is 0 Å². The van der Waals surface area contributed by atoms with Crippen molar-refractivity contribution in [1.29, 1.82) is 0 Å². The lowest BCUT2D eigenvalue weighted by atomic mass is 9.90. The second-order valence-corrected chi connectivity index (χ2v) is 11.2. The summed E-state index contributed by atoms with van der Waals surface area (Å²) in [4.78, 5) is 9.70. The fourth-order valence-corrected chi connectivity index (χ4v) is 5.81. The highest BCUT2D eigenvalue weighted by atomic mass is 35.5. The van der Waals surface area contributed by atoms with E-state index in [4.69, 9.17) is 16.3 Å². The van der Waals surface area contributed by atoms with Crippen LogP contribution in [-0.2, 0) is 12.2 Å². The zero-order valence-corrected chi connectivity index (χ0v) is 23.4. The number of benzene rings is 2. The van der Waals surface area contributed by atoms with E-state index in [0.29, 0.717) is 12.6 Å². The van der Waals surface area contributed by atoms with Gasteiger partial charge in [0.05, 0.1) is 11.3 Å². The lowest BCUT2D eigenvalue weighted by Crippen LogP contribution is -2.45. The van der Waals surface area contributed by atoms with Crippen molar-refractivity contribution in [1.82, 2.24) is 9.88 Å². The summed E-state index contributed by atoms with van der Waals surface area (Å²) in [5, 5.41) is 11.4. The Morgan fingerprint density at radius 3 is 2.58 bits per heavy atom. The van der Waals surface area contributed by atoms with Gasteiger partial charge < -0.3 is 19.6 Å². The molecule has 3 aromatic rings. The van der Waals surface area contributed by atoms with Gasteiger partial charge in [-0.2, -0.15) is 0 Å². The summed E-state index contributed by atoms with van der Waals surface area (Å²) in [7, 11) is 0. The van der Waals surface area contributed by atoms with Gasteiger partial charge in [0.1, 0.15) is 12.4 Å². The number of rotatable bonds is 7. The van der Waals surface area contributed by atoms with Crippen molar-refractivity contribution < 1.29 is 9.84 Å². The number of aromatic nitrogens is 1. The Kier molecular flexibility index (Phi) is 8.08. The molecule has 3 heterocycles. The number of likely N-dealkylation sites (tertiary alicyclic amines) is 1. The molecule has 0 spiro atoms. The molecule has 1 saturated heterocycles. The summed E-state index contributed by atoms with van der Waals surface area (Å²) in [5.74, 6) is 0.838. The minimum atomic E-state index is -0.924. The van der Waals surface area contributed by atoms with Crippen LogP contribution in [0.4, 0.5) is 5.69 Å². The van der Waals surface area contributed by atoms with Crippen molar-refractivity contribution >= 4 is 22.9 Å². The van der Waals surface area contributed by atoms with Gasteiger partial charge in [0.15, 0.2) is 0 Å². The van der Waals surface area contributed by atoms with E-state index in [0.717, 1.165) is 84.2 Å². The minimum absolute atomic E-state index is 0.442. The van der Waals surface area contributed by atoms with E-state index in [9.17, 15) is 5.11 Å². The number of ether oxygens (including phenoxy) is 1. The second kappa shape index (κ2) is 11.5. The van der Waals surface area contributed by atoms with Gasteiger partial charge in [-0.1, -0.05) is 29.8 Å². The van der Waals surface area contributed by atoms with E-state index in [2.05, 4.69) is 52.0 Å². The molecule has 0 atom stereocenters. The molecule has 0 saturated carbocycles. The number of pyridine rings is 1. The summed E-state index contributed by atoms with van der Waals surface area (Å²) >= 11 is 6.11. The third-order valence-corrected chi connectivity index (χ3v) is 8.06. The molecule has 200 valence electrons. The van der Waals surface area contributed by atoms with Crippen LogP contribution < -0.4 is 9.64 Å². The average Bonchev–Trinajstić information content (AvgIpc) is 3.07. The predicted molar refractivity (Wildman–Crippen MR) is 156 cm³/mol. The van der Waals surface area contributed by atoms with E-state index in [1.54, 1.807) is 0 Å². The average molecular weight is 532 g/mol. The quantitative estimate of drug-likeness (QED) is 0.369. The van der Waals surface area contributed by atoms with E-state index < -0.39 is 5.60 Å². The number of fused-ring (bicyclic) bond motifs is 2. The van der Waals surface area contributed by atoms with Gasteiger partial charge in [0.2, 0.25) is 0 Å². The fourth-order valence-electron chi connectivity index (χ4n) is 5.69. The summed E-state index contributed by atoms with van der Waals surface area (Å²) < 4.78 is 6.15. The SMILES string of the molecule is CCN(c1ccc(Cl)cc1)C1CCN(CCC=C2c3cc(C(C)(C)O)ccc3OCc3ncccc32)CC1. The number of piperidine rings is 1. The van der Waals surface area contributed by atoms with Crippen molar-refractivity contribution in [3.05, 3.63) is 94.3 Å². The molecule has 0 bridgehead atoms. The number of aliphatic hydroxyl groups is 1. The van der Waals surface area contributed by atoms with Crippen molar-refractivity contribution in [2.24, 2.45) is 0 Å². The van der Waals surface area contributed by atoms with Crippen LogP contribution in [0.5, 0.6) is 5.75 Å². The molecular formula is C32H38ClN3O2. The molecule has 5 nitrogen and oxygen atoms in total. The van der Waals surface area contributed by atoms with Gasteiger partial charge in [-0.25, -0.2) is 0 Å². The monoisotopic (exact) mass is 531 g/mol. The van der Waals surface area contributed by atoms with E-state index in [1.165, 1.54) is 5.69 Å². The van der Waals surface area contributed by atoms with Gasteiger partial charge in [-0.3, -0.25) is 4.98 Å². The Bertz CT molecular complexity index is 1270. The topological polar surface area (TPSA) is 48.8 Å². The summed E-state index contributed by atoms with van der Waals surface area (Å²) in [6.07, 6.45) is 7.41. The Hall–Kier alpha value is -2.86. The van der Waals surface area contributed by atoms with Gasteiger partial charge >= 0.3 is 0 Å². The summed E-state index contributed by atoms with van der Waals surface area (Å²) in [6.45, 7) is 10.5. The normalized spacial score (nSPS) is 17.4. The smallest absolute Gasteiger partial charge is 0.131 e. The fraction of sp³-hybridized carbons (Fsp3) is 0.406. The first-order valence-corrected chi connectivity index (χ1v) is 14.1. The van der Waals surface area contributed by atoms with Crippen LogP contribution in [0.25, 0.3) is 5.57 Å².